The van der Waals surface area contributed by atoms with E-state index in [1.54, 1.807) is 42.6 Å². The van der Waals surface area contributed by atoms with Gasteiger partial charge in [-0.15, -0.1) is 0 Å². The van der Waals surface area contributed by atoms with Crippen molar-refractivity contribution in [3.8, 4) is 0 Å². The third kappa shape index (κ3) is 4.55. The number of carbonyl (C=O) groups is 2. The highest BCUT2D eigenvalue weighted by molar-refractivity contribution is 5.93. The molecule has 2 aromatic rings. The fourth-order valence-corrected chi connectivity index (χ4v) is 4.12. The third-order valence-electron chi connectivity index (χ3n) is 5.71. The highest BCUT2D eigenvalue weighted by Crippen LogP contribution is 2.23. The molecule has 0 aliphatic carbocycles. The van der Waals surface area contributed by atoms with Gasteiger partial charge in [-0.25, -0.2) is 9.97 Å². The van der Waals surface area contributed by atoms with Crippen molar-refractivity contribution in [2.24, 2.45) is 13.0 Å². The van der Waals surface area contributed by atoms with Gasteiger partial charge in [0.15, 0.2) is 0 Å². The quantitative estimate of drug-likeness (QED) is 0.822. The van der Waals surface area contributed by atoms with Crippen LogP contribution < -0.4 is 10.2 Å². The molecular weight excluding hydrogens is 370 g/mol. The standard InChI is InChI=1S/C20H27N7O2/c1-25-13-16(12-23-25)18(28)24-17-5-10-26(11-6-17)19(29)15-4-2-9-27(14-15)20-21-7-3-8-22-20/h3,7-8,12-13,15,17H,2,4-6,9-11,14H2,1H3,(H,24,28)/t15-/m1/s1. The average Bonchev–Trinajstić information content (AvgIpc) is 3.21. The fraction of sp³-hybridized carbons (Fsp3) is 0.550. The normalized spacial score (nSPS) is 20.5. The Morgan fingerprint density at radius 2 is 1.86 bits per heavy atom. The number of carbonyl (C=O) groups excluding carboxylic acids is 2. The van der Waals surface area contributed by atoms with Crippen LogP contribution in [-0.4, -0.2) is 68.7 Å². The summed E-state index contributed by atoms with van der Waals surface area (Å²) in [5, 5.41) is 7.10. The predicted octanol–water partition coefficient (Wildman–Crippen LogP) is 0.847. The van der Waals surface area contributed by atoms with Crippen LogP contribution in [0.5, 0.6) is 0 Å². The molecule has 4 heterocycles. The molecule has 0 spiro atoms. The molecule has 0 bridgehead atoms. The van der Waals surface area contributed by atoms with E-state index in [-0.39, 0.29) is 23.8 Å². The second kappa shape index (κ2) is 8.59. The maximum atomic E-state index is 13.0. The van der Waals surface area contributed by atoms with Crippen molar-refractivity contribution in [2.75, 3.05) is 31.1 Å². The summed E-state index contributed by atoms with van der Waals surface area (Å²) < 4.78 is 1.62. The lowest BCUT2D eigenvalue weighted by molar-refractivity contribution is -0.136. The number of piperidine rings is 2. The lowest BCUT2D eigenvalue weighted by atomic mass is 9.95. The highest BCUT2D eigenvalue weighted by atomic mass is 16.2. The van der Waals surface area contributed by atoms with Crippen LogP contribution in [0.3, 0.4) is 0 Å². The molecule has 2 aliphatic rings. The Bertz CT molecular complexity index is 846. The second-order valence-electron chi connectivity index (χ2n) is 7.81. The molecule has 1 N–H and O–H groups in total. The maximum absolute atomic E-state index is 13.0. The topological polar surface area (TPSA) is 96.2 Å². The van der Waals surface area contributed by atoms with Gasteiger partial charge in [-0.1, -0.05) is 0 Å². The number of likely N-dealkylation sites (tertiary alicyclic amines) is 1. The number of rotatable bonds is 4. The van der Waals surface area contributed by atoms with Gasteiger partial charge in [0.1, 0.15) is 0 Å². The first-order valence-corrected chi connectivity index (χ1v) is 10.2. The Balaban J connectivity index is 1.28. The van der Waals surface area contributed by atoms with Gasteiger partial charge < -0.3 is 15.1 Å². The van der Waals surface area contributed by atoms with E-state index in [2.05, 4.69) is 25.3 Å². The Hall–Kier alpha value is -2.97. The molecule has 0 unspecified atom stereocenters. The molecule has 154 valence electrons. The lowest BCUT2D eigenvalue weighted by Gasteiger charge is -2.38. The van der Waals surface area contributed by atoms with Crippen molar-refractivity contribution >= 4 is 17.8 Å². The predicted molar refractivity (Wildman–Crippen MR) is 107 cm³/mol. The van der Waals surface area contributed by atoms with E-state index >= 15 is 0 Å². The highest BCUT2D eigenvalue weighted by Gasteiger charge is 2.32. The van der Waals surface area contributed by atoms with Crippen molar-refractivity contribution in [2.45, 2.75) is 31.7 Å². The van der Waals surface area contributed by atoms with Crippen molar-refractivity contribution in [1.29, 1.82) is 0 Å². The Kier molecular flexibility index (Phi) is 5.73. The van der Waals surface area contributed by atoms with Crippen molar-refractivity contribution in [3.63, 3.8) is 0 Å². The van der Waals surface area contributed by atoms with Gasteiger partial charge in [-0.2, -0.15) is 5.10 Å². The first-order chi connectivity index (χ1) is 14.1. The van der Waals surface area contributed by atoms with E-state index < -0.39 is 0 Å². The molecule has 0 saturated carbocycles. The number of hydrogen-bond acceptors (Lipinski definition) is 6. The monoisotopic (exact) mass is 397 g/mol. The summed E-state index contributed by atoms with van der Waals surface area (Å²) in [5.41, 5.74) is 0.566. The molecule has 1 atom stereocenters. The Morgan fingerprint density at radius 1 is 1.10 bits per heavy atom. The number of hydrogen-bond donors (Lipinski definition) is 1. The zero-order valence-electron chi connectivity index (χ0n) is 16.7. The summed E-state index contributed by atoms with van der Waals surface area (Å²) in [6.45, 7) is 2.90. The zero-order valence-corrected chi connectivity index (χ0v) is 16.7. The molecule has 0 aromatic carbocycles. The van der Waals surface area contributed by atoms with Crippen molar-refractivity contribution in [3.05, 3.63) is 36.4 Å². The fourth-order valence-electron chi connectivity index (χ4n) is 4.12. The summed E-state index contributed by atoms with van der Waals surface area (Å²) in [7, 11) is 1.79. The SMILES string of the molecule is Cn1cc(C(=O)NC2CCN(C(=O)[C@@H]3CCCN(c4ncccn4)C3)CC2)cn1. The third-order valence-corrected chi connectivity index (χ3v) is 5.71. The van der Waals surface area contributed by atoms with E-state index in [4.69, 9.17) is 0 Å². The second-order valence-corrected chi connectivity index (χ2v) is 7.81. The minimum absolute atomic E-state index is 0.0194. The molecule has 29 heavy (non-hydrogen) atoms. The summed E-state index contributed by atoms with van der Waals surface area (Å²) in [5.74, 6) is 0.784. The van der Waals surface area contributed by atoms with E-state index in [9.17, 15) is 9.59 Å². The smallest absolute Gasteiger partial charge is 0.254 e. The van der Waals surface area contributed by atoms with Crippen LogP contribution in [0.1, 0.15) is 36.0 Å². The van der Waals surface area contributed by atoms with Gasteiger partial charge >= 0.3 is 0 Å². The zero-order chi connectivity index (χ0) is 20.2. The molecule has 2 saturated heterocycles. The van der Waals surface area contributed by atoms with Crippen LogP contribution in [-0.2, 0) is 11.8 Å². The van der Waals surface area contributed by atoms with E-state index in [0.717, 1.165) is 32.2 Å². The van der Waals surface area contributed by atoms with Gasteiger partial charge in [0.05, 0.1) is 17.7 Å². The van der Waals surface area contributed by atoms with Gasteiger partial charge in [0.2, 0.25) is 11.9 Å². The van der Waals surface area contributed by atoms with Crippen LogP contribution in [0, 0.1) is 5.92 Å². The van der Waals surface area contributed by atoms with Crippen molar-refractivity contribution in [1.82, 2.24) is 30.0 Å². The number of aromatic nitrogens is 4. The number of nitrogens with zero attached hydrogens (tertiary/aromatic N) is 6. The molecular formula is C20H27N7O2. The van der Waals surface area contributed by atoms with Crippen LogP contribution in [0.25, 0.3) is 0 Å². The van der Waals surface area contributed by atoms with Crippen LogP contribution in [0.2, 0.25) is 0 Å². The molecule has 9 nitrogen and oxygen atoms in total. The minimum Gasteiger partial charge on any atom is -0.349 e. The van der Waals surface area contributed by atoms with Gasteiger partial charge in [-0.05, 0) is 31.7 Å². The molecule has 2 amide bonds. The summed E-state index contributed by atoms with van der Waals surface area (Å²) in [4.78, 5) is 38.0. The molecule has 4 rings (SSSR count). The first kappa shape index (κ1) is 19.4. The van der Waals surface area contributed by atoms with Crippen LogP contribution in [0.15, 0.2) is 30.9 Å². The van der Waals surface area contributed by atoms with E-state index in [1.165, 1.54) is 0 Å². The van der Waals surface area contributed by atoms with E-state index in [0.29, 0.717) is 31.1 Å². The Labute approximate surface area is 170 Å². The average molecular weight is 397 g/mol. The number of anilines is 1. The minimum atomic E-state index is -0.103. The molecule has 9 heteroatoms. The molecule has 2 aromatic heterocycles. The van der Waals surface area contributed by atoms with Gasteiger partial charge in [-0.3, -0.25) is 14.3 Å². The van der Waals surface area contributed by atoms with E-state index in [1.807, 2.05) is 4.90 Å². The summed E-state index contributed by atoms with van der Waals surface area (Å²) in [6, 6.07) is 1.89. The van der Waals surface area contributed by atoms with Crippen LogP contribution in [0.4, 0.5) is 5.95 Å². The Morgan fingerprint density at radius 3 is 2.55 bits per heavy atom. The largest absolute Gasteiger partial charge is 0.349 e. The summed E-state index contributed by atoms with van der Waals surface area (Å²) >= 11 is 0. The number of amides is 2. The van der Waals surface area contributed by atoms with Gasteiger partial charge in [0, 0.05) is 57.9 Å². The lowest BCUT2D eigenvalue weighted by Crippen LogP contribution is -2.50. The molecule has 2 aliphatic heterocycles. The number of aryl methyl sites for hydroxylation is 1. The van der Waals surface area contributed by atoms with Crippen molar-refractivity contribution < 1.29 is 9.59 Å². The van der Waals surface area contributed by atoms with Gasteiger partial charge in [0.25, 0.3) is 5.91 Å². The molecule has 2 fully saturated rings. The molecule has 0 radical (unpaired) electrons. The van der Waals surface area contributed by atoms with Crippen LogP contribution >= 0.6 is 0 Å². The first-order valence-electron chi connectivity index (χ1n) is 10.2. The maximum Gasteiger partial charge on any atom is 0.254 e. The summed E-state index contributed by atoms with van der Waals surface area (Å²) in [6.07, 6.45) is 10.2. The number of nitrogens with one attached hydrogen (secondary N) is 1.